The van der Waals surface area contributed by atoms with Crippen LogP contribution in [0.15, 0.2) is 28.7 Å². The predicted octanol–water partition coefficient (Wildman–Crippen LogP) is 2.67. The van der Waals surface area contributed by atoms with Crippen molar-refractivity contribution in [1.82, 2.24) is 5.32 Å². The van der Waals surface area contributed by atoms with Crippen LogP contribution < -0.4 is 5.32 Å². The van der Waals surface area contributed by atoms with Crippen molar-refractivity contribution < 1.29 is 4.74 Å². The summed E-state index contributed by atoms with van der Waals surface area (Å²) >= 11 is 3.44. The van der Waals surface area contributed by atoms with Crippen molar-refractivity contribution >= 4 is 15.9 Å². The second-order valence-corrected chi connectivity index (χ2v) is 5.25. The third-order valence-corrected chi connectivity index (χ3v) is 3.42. The van der Waals surface area contributed by atoms with Gasteiger partial charge >= 0.3 is 0 Å². The molecule has 1 aliphatic heterocycles. The second-order valence-electron chi connectivity index (χ2n) is 4.33. The molecule has 0 amide bonds. The first-order valence-electron chi connectivity index (χ1n) is 5.23. The van der Waals surface area contributed by atoms with E-state index in [1.165, 1.54) is 5.56 Å². The minimum atomic E-state index is -0.187. The van der Waals surface area contributed by atoms with E-state index in [9.17, 15) is 0 Å². The molecular weight excluding hydrogens is 254 g/mol. The van der Waals surface area contributed by atoms with Crippen molar-refractivity contribution in [3.05, 3.63) is 34.3 Å². The van der Waals surface area contributed by atoms with E-state index in [-0.39, 0.29) is 5.60 Å². The smallest absolute Gasteiger partial charge is 0.103 e. The number of hydrogen-bond acceptors (Lipinski definition) is 2. The van der Waals surface area contributed by atoms with Crippen molar-refractivity contribution in [1.29, 1.82) is 0 Å². The van der Waals surface area contributed by atoms with Gasteiger partial charge in [0.25, 0.3) is 0 Å². The predicted molar refractivity (Wildman–Crippen MR) is 64.9 cm³/mol. The molecule has 0 saturated carbocycles. The lowest BCUT2D eigenvalue weighted by atomic mass is 9.94. The molecule has 1 N–H and O–H groups in total. The molecular formula is C12H16BrNO. The van der Waals surface area contributed by atoms with Crippen LogP contribution in [-0.2, 0) is 10.3 Å². The zero-order chi connectivity index (χ0) is 10.9. The minimum Gasteiger partial charge on any atom is -0.368 e. The van der Waals surface area contributed by atoms with Crippen molar-refractivity contribution in [2.24, 2.45) is 0 Å². The lowest BCUT2D eigenvalue weighted by Gasteiger charge is -2.37. The Kier molecular flexibility index (Phi) is 3.14. The Morgan fingerprint density at radius 3 is 2.60 bits per heavy atom. The van der Waals surface area contributed by atoms with Gasteiger partial charge in [0.05, 0.1) is 6.61 Å². The van der Waals surface area contributed by atoms with Crippen LogP contribution in [-0.4, -0.2) is 19.2 Å². The number of nitrogens with one attached hydrogen (secondary N) is 1. The molecule has 82 valence electrons. The monoisotopic (exact) mass is 269 g/mol. The van der Waals surface area contributed by atoms with Gasteiger partial charge < -0.3 is 10.1 Å². The van der Waals surface area contributed by atoms with E-state index in [2.05, 4.69) is 59.4 Å². The van der Waals surface area contributed by atoms with Crippen LogP contribution in [0.25, 0.3) is 0 Å². The Labute approximate surface area is 99.1 Å². The highest BCUT2D eigenvalue weighted by atomic mass is 79.9. The Morgan fingerprint density at radius 1 is 1.40 bits per heavy atom. The summed E-state index contributed by atoms with van der Waals surface area (Å²) in [5, 5.41) is 3.45. The van der Waals surface area contributed by atoms with Gasteiger partial charge in [-0.05, 0) is 31.5 Å². The van der Waals surface area contributed by atoms with Crippen LogP contribution in [0.4, 0.5) is 0 Å². The standard InChI is InChI=1S/C12H16BrNO/c1-9-7-15-12(2,8-14-9)10-3-5-11(13)6-4-10/h3-6,9,14H,7-8H2,1-2H3. The fraction of sp³-hybridized carbons (Fsp3) is 0.500. The first kappa shape index (κ1) is 11.1. The molecule has 2 unspecified atom stereocenters. The van der Waals surface area contributed by atoms with Crippen LogP contribution in [0.1, 0.15) is 19.4 Å². The van der Waals surface area contributed by atoms with Crippen molar-refractivity contribution in [2.75, 3.05) is 13.2 Å². The third kappa shape index (κ3) is 2.41. The van der Waals surface area contributed by atoms with Crippen LogP contribution in [0.2, 0.25) is 0 Å². The van der Waals surface area contributed by atoms with Gasteiger partial charge in [-0.15, -0.1) is 0 Å². The van der Waals surface area contributed by atoms with Crippen LogP contribution >= 0.6 is 15.9 Å². The molecule has 1 saturated heterocycles. The molecule has 2 rings (SSSR count). The van der Waals surface area contributed by atoms with E-state index in [4.69, 9.17) is 4.74 Å². The van der Waals surface area contributed by atoms with E-state index >= 15 is 0 Å². The van der Waals surface area contributed by atoms with Gasteiger partial charge in [0.2, 0.25) is 0 Å². The summed E-state index contributed by atoms with van der Waals surface area (Å²) < 4.78 is 7.03. The van der Waals surface area contributed by atoms with Crippen molar-refractivity contribution in [2.45, 2.75) is 25.5 Å². The lowest BCUT2D eigenvalue weighted by molar-refractivity contribution is -0.0728. The van der Waals surface area contributed by atoms with Crippen molar-refractivity contribution in [3.8, 4) is 0 Å². The van der Waals surface area contributed by atoms with Crippen LogP contribution in [0.3, 0.4) is 0 Å². The van der Waals surface area contributed by atoms with E-state index in [1.807, 2.05) is 0 Å². The number of rotatable bonds is 1. The number of ether oxygens (including phenoxy) is 1. The van der Waals surface area contributed by atoms with Crippen LogP contribution in [0, 0.1) is 0 Å². The van der Waals surface area contributed by atoms with E-state index in [1.54, 1.807) is 0 Å². The number of halogens is 1. The Morgan fingerprint density at radius 2 is 2.07 bits per heavy atom. The molecule has 2 atom stereocenters. The molecule has 1 heterocycles. The minimum absolute atomic E-state index is 0.187. The molecule has 3 heteroatoms. The summed E-state index contributed by atoms with van der Waals surface area (Å²) in [6.07, 6.45) is 0. The Balaban J connectivity index is 2.18. The van der Waals surface area contributed by atoms with Gasteiger partial charge in [-0.25, -0.2) is 0 Å². The molecule has 0 radical (unpaired) electrons. The highest BCUT2D eigenvalue weighted by Gasteiger charge is 2.31. The average Bonchev–Trinajstić information content (AvgIpc) is 2.24. The van der Waals surface area contributed by atoms with Gasteiger partial charge in [-0.1, -0.05) is 28.1 Å². The first-order valence-corrected chi connectivity index (χ1v) is 6.03. The van der Waals surface area contributed by atoms with E-state index in [0.717, 1.165) is 17.6 Å². The van der Waals surface area contributed by atoms with E-state index < -0.39 is 0 Å². The summed E-state index contributed by atoms with van der Waals surface area (Å²) in [7, 11) is 0. The first-order chi connectivity index (χ1) is 7.10. The summed E-state index contributed by atoms with van der Waals surface area (Å²) in [4.78, 5) is 0. The van der Waals surface area contributed by atoms with Gasteiger partial charge in [0, 0.05) is 17.1 Å². The van der Waals surface area contributed by atoms with Crippen LogP contribution in [0.5, 0.6) is 0 Å². The molecule has 0 aromatic heterocycles. The van der Waals surface area contributed by atoms with Gasteiger partial charge in [-0.3, -0.25) is 0 Å². The maximum absolute atomic E-state index is 5.93. The second kappa shape index (κ2) is 4.24. The molecule has 1 fully saturated rings. The summed E-state index contributed by atoms with van der Waals surface area (Å²) in [6, 6.07) is 8.79. The molecule has 1 aromatic carbocycles. The molecule has 1 aromatic rings. The SMILES string of the molecule is CC1COC(C)(c2ccc(Br)cc2)CN1. The molecule has 0 bridgehead atoms. The topological polar surface area (TPSA) is 21.3 Å². The largest absolute Gasteiger partial charge is 0.368 e. The molecule has 0 spiro atoms. The van der Waals surface area contributed by atoms with Crippen molar-refractivity contribution in [3.63, 3.8) is 0 Å². The van der Waals surface area contributed by atoms with E-state index in [0.29, 0.717) is 6.04 Å². The Hall–Kier alpha value is -0.380. The average molecular weight is 270 g/mol. The highest BCUT2D eigenvalue weighted by Crippen LogP contribution is 2.28. The quantitative estimate of drug-likeness (QED) is 0.847. The summed E-state index contributed by atoms with van der Waals surface area (Å²) in [6.45, 7) is 5.92. The lowest BCUT2D eigenvalue weighted by Crippen LogP contribution is -2.50. The van der Waals surface area contributed by atoms with Gasteiger partial charge in [-0.2, -0.15) is 0 Å². The summed E-state index contributed by atoms with van der Waals surface area (Å²) in [5.41, 5.74) is 1.04. The molecule has 0 aliphatic carbocycles. The normalized spacial score (nSPS) is 31.5. The maximum atomic E-state index is 5.93. The fourth-order valence-electron chi connectivity index (χ4n) is 1.78. The number of morpholine rings is 1. The van der Waals surface area contributed by atoms with Gasteiger partial charge in [0.15, 0.2) is 0 Å². The molecule has 15 heavy (non-hydrogen) atoms. The summed E-state index contributed by atoms with van der Waals surface area (Å²) in [5.74, 6) is 0. The zero-order valence-electron chi connectivity index (χ0n) is 9.09. The fourth-order valence-corrected chi connectivity index (χ4v) is 2.04. The maximum Gasteiger partial charge on any atom is 0.103 e. The molecule has 2 nitrogen and oxygen atoms in total. The highest BCUT2D eigenvalue weighted by molar-refractivity contribution is 9.10. The Bertz CT molecular complexity index is 328. The number of hydrogen-bond donors (Lipinski definition) is 1. The zero-order valence-corrected chi connectivity index (χ0v) is 10.7. The number of benzene rings is 1. The molecule has 1 aliphatic rings. The van der Waals surface area contributed by atoms with Gasteiger partial charge in [0.1, 0.15) is 5.60 Å². The third-order valence-electron chi connectivity index (χ3n) is 2.89.